The zero-order chi connectivity index (χ0) is 17.3. The molecule has 23 heavy (non-hydrogen) atoms. The normalized spacial score (nSPS) is 29.0. The predicted octanol–water partition coefficient (Wildman–Crippen LogP) is 1.45. The molecule has 2 rings (SSSR count). The van der Waals surface area contributed by atoms with E-state index in [1.807, 2.05) is 0 Å². The van der Waals surface area contributed by atoms with Crippen molar-refractivity contribution in [3.05, 3.63) is 6.42 Å². The van der Waals surface area contributed by atoms with Crippen LogP contribution in [0.3, 0.4) is 0 Å². The van der Waals surface area contributed by atoms with E-state index in [4.69, 9.17) is 0 Å². The molecule has 0 aliphatic carbocycles. The van der Waals surface area contributed by atoms with Gasteiger partial charge in [-0.3, -0.25) is 0 Å². The van der Waals surface area contributed by atoms with Crippen LogP contribution < -0.4 is 0 Å². The molecule has 0 aromatic heterocycles. The summed E-state index contributed by atoms with van der Waals surface area (Å²) in [5.74, 6) is 0.154. The number of nitrogens with zero attached hydrogens (tertiary/aromatic N) is 2. The van der Waals surface area contributed by atoms with Crippen molar-refractivity contribution >= 4 is 20.0 Å². The van der Waals surface area contributed by atoms with Crippen LogP contribution in [0.25, 0.3) is 0 Å². The lowest BCUT2D eigenvalue weighted by molar-refractivity contribution is 0.165. The Morgan fingerprint density at radius 1 is 1.13 bits per heavy atom. The van der Waals surface area contributed by atoms with Crippen molar-refractivity contribution in [1.82, 2.24) is 8.61 Å². The SMILES string of the molecule is CCS(=O)(=O)N1CCCC(C2[CH]CCCN2S(=O)(=O)C(C)C)C1. The Bertz CT molecular complexity index is 601. The predicted molar refractivity (Wildman–Crippen MR) is 91.8 cm³/mol. The molecule has 0 aromatic rings. The lowest BCUT2D eigenvalue weighted by Crippen LogP contribution is -2.54. The minimum Gasteiger partial charge on any atom is -0.212 e. The van der Waals surface area contributed by atoms with Crippen molar-refractivity contribution in [3.8, 4) is 0 Å². The molecule has 2 saturated heterocycles. The van der Waals surface area contributed by atoms with Crippen molar-refractivity contribution in [2.75, 3.05) is 25.4 Å². The van der Waals surface area contributed by atoms with Crippen molar-refractivity contribution in [3.63, 3.8) is 0 Å². The van der Waals surface area contributed by atoms with Crippen LogP contribution in [0.1, 0.15) is 46.5 Å². The van der Waals surface area contributed by atoms with Gasteiger partial charge in [0.15, 0.2) is 0 Å². The summed E-state index contributed by atoms with van der Waals surface area (Å²) in [7, 11) is -6.53. The highest BCUT2D eigenvalue weighted by Gasteiger charge is 2.41. The maximum Gasteiger partial charge on any atom is 0.216 e. The van der Waals surface area contributed by atoms with Crippen LogP contribution in [0.2, 0.25) is 0 Å². The molecular formula is C15H29N2O4S2. The zero-order valence-electron chi connectivity index (χ0n) is 14.3. The van der Waals surface area contributed by atoms with Gasteiger partial charge >= 0.3 is 0 Å². The van der Waals surface area contributed by atoms with Gasteiger partial charge in [-0.1, -0.05) is 0 Å². The molecule has 0 N–H and O–H groups in total. The van der Waals surface area contributed by atoms with Crippen LogP contribution in [0, 0.1) is 12.3 Å². The van der Waals surface area contributed by atoms with Gasteiger partial charge in [-0.15, -0.1) is 0 Å². The molecule has 2 unspecified atom stereocenters. The summed E-state index contributed by atoms with van der Waals surface area (Å²) in [5, 5.41) is -0.449. The van der Waals surface area contributed by atoms with E-state index < -0.39 is 25.3 Å². The third kappa shape index (κ3) is 4.08. The van der Waals surface area contributed by atoms with Gasteiger partial charge in [-0.25, -0.2) is 21.1 Å². The summed E-state index contributed by atoms with van der Waals surface area (Å²) in [6.45, 7) is 6.59. The Morgan fingerprint density at radius 3 is 2.43 bits per heavy atom. The molecule has 0 aromatic carbocycles. The monoisotopic (exact) mass is 365 g/mol. The second-order valence-corrected chi connectivity index (χ2v) is 11.4. The molecule has 6 nitrogen and oxygen atoms in total. The van der Waals surface area contributed by atoms with Crippen LogP contribution in [-0.2, 0) is 20.0 Å². The molecule has 0 saturated carbocycles. The number of rotatable bonds is 5. The first kappa shape index (κ1) is 19.1. The molecule has 0 bridgehead atoms. The Morgan fingerprint density at radius 2 is 1.83 bits per heavy atom. The molecular weight excluding hydrogens is 336 g/mol. The van der Waals surface area contributed by atoms with E-state index >= 15 is 0 Å². The molecule has 135 valence electrons. The summed E-state index contributed by atoms with van der Waals surface area (Å²) in [6.07, 6.45) is 5.49. The van der Waals surface area contributed by atoms with Crippen molar-refractivity contribution in [2.45, 2.75) is 57.7 Å². The molecule has 2 aliphatic heterocycles. The number of sulfonamides is 2. The largest absolute Gasteiger partial charge is 0.216 e. The van der Waals surface area contributed by atoms with Crippen molar-refractivity contribution in [2.24, 2.45) is 5.92 Å². The summed E-state index contributed by atoms with van der Waals surface area (Å²) < 4.78 is 52.8. The fourth-order valence-corrected chi connectivity index (χ4v) is 6.20. The summed E-state index contributed by atoms with van der Waals surface area (Å²) >= 11 is 0. The lowest BCUT2D eigenvalue weighted by atomic mass is 9.87. The van der Waals surface area contributed by atoms with E-state index in [0.717, 1.165) is 25.7 Å². The minimum absolute atomic E-state index is 0.0545. The Kier molecular flexibility index (Phi) is 6.14. The zero-order valence-corrected chi connectivity index (χ0v) is 15.9. The number of hydrogen-bond acceptors (Lipinski definition) is 4. The second-order valence-electron chi connectivity index (χ2n) is 6.73. The van der Waals surface area contributed by atoms with Gasteiger partial charge in [0.1, 0.15) is 0 Å². The second kappa shape index (κ2) is 7.37. The summed E-state index contributed by atoms with van der Waals surface area (Å²) in [6, 6.07) is -0.175. The highest BCUT2D eigenvalue weighted by Crippen LogP contribution is 2.32. The van der Waals surface area contributed by atoms with Crippen LogP contribution >= 0.6 is 0 Å². The van der Waals surface area contributed by atoms with Crippen LogP contribution in [0.5, 0.6) is 0 Å². The highest BCUT2D eigenvalue weighted by atomic mass is 32.2. The number of hydrogen-bond donors (Lipinski definition) is 0. The smallest absolute Gasteiger partial charge is 0.212 e. The van der Waals surface area contributed by atoms with E-state index in [2.05, 4.69) is 6.42 Å². The van der Waals surface area contributed by atoms with Gasteiger partial charge in [-0.2, -0.15) is 4.31 Å². The third-order valence-corrected chi connectivity index (χ3v) is 9.03. The molecule has 8 heteroatoms. The quantitative estimate of drug-likeness (QED) is 0.739. The lowest BCUT2D eigenvalue weighted by Gasteiger charge is -2.43. The molecule has 2 heterocycles. The van der Waals surface area contributed by atoms with Gasteiger partial charge < -0.3 is 0 Å². The first-order chi connectivity index (χ1) is 10.7. The van der Waals surface area contributed by atoms with E-state index in [1.165, 1.54) is 0 Å². The molecule has 2 aliphatic rings. The standard InChI is InChI=1S/C15H29N2O4S2/c1-4-22(18,19)16-10-7-8-14(12-16)15-9-5-6-11-17(15)23(20,21)13(2)3/h9,13-15H,4-8,10-12H2,1-3H3. The fourth-order valence-electron chi connectivity index (χ4n) is 3.49. The Labute approximate surface area is 141 Å². The van der Waals surface area contributed by atoms with Crippen molar-refractivity contribution in [1.29, 1.82) is 0 Å². The first-order valence-electron chi connectivity index (χ1n) is 8.52. The average Bonchev–Trinajstić information content (AvgIpc) is 2.54. The summed E-state index contributed by atoms with van der Waals surface area (Å²) in [5.41, 5.74) is 0. The molecule has 0 spiro atoms. The molecule has 2 fully saturated rings. The number of piperidine rings is 2. The van der Waals surface area contributed by atoms with Crippen molar-refractivity contribution < 1.29 is 16.8 Å². The van der Waals surface area contributed by atoms with Gasteiger partial charge in [0.05, 0.1) is 11.0 Å². The maximum atomic E-state index is 12.6. The highest BCUT2D eigenvalue weighted by molar-refractivity contribution is 7.89. The van der Waals surface area contributed by atoms with Gasteiger partial charge in [0.25, 0.3) is 0 Å². The van der Waals surface area contributed by atoms with Gasteiger partial charge in [0, 0.05) is 25.7 Å². The third-order valence-electron chi connectivity index (χ3n) is 4.91. The van der Waals surface area contributed by atoms with Crippen LogP contribution in [0.15, 0.2) is 0 Å². The van der Waals surface area contributed by atoms with Crippen LogP contribution in [0.4, 0.5) is 0 Å². The maximum absolute atomic E-state index is 12.6. The fraction of sp³-hybridized carbons (Fsp3) is 0.933. The summed E-state index contributed by atoms with van der Waals surface area (Å²) in [4.78, 5) is 0. The van der Waals surface area contributed by atoms with E-state index in [-0.39, 0.29) is 17.7 Å². The minimum atomic E-state index is -3.32. The van der Waals surface area contributed by atoms with Gasteiger partial charge in [0.2, 0.25) is 20.0 Å². The topological polar surface area (TPSA) is 74.8 Å². The molecule has 2 atom stereocenters. The Hall–Kier alpha value is -0.180. The van der Waals surface area contributed by atoms with E-state index in [9.17, 15) is 16.8 Å². The average molecular weight is 366 g/mol. The van der Waals surface area contributed by atoms with Gasteiger partial charge in [-0.05, 0) is 58.8 Å². The first-order valence-corrected chi connectivity index (χ1v) is 11.6. The molecule has 0 amide bonds. The Balaban J connectivity index is 2.21. The molecule has 1 radical (unpaired) electrons. The van der Waals surface area contributed by atoms with Crippen LogP contribution in [-0.4, -0.2) is 62.1 Å². The van der Waals surface area contributed by atoms with E-state index in [1.54, 1.807) is 29.4 Å². The van der Waals surface area contributed by atoms with E-state index in [0.29, 0.717) is 19.6 Å².